The molecular weight excluding hydrogens is 311 g/mol. The molecule has 118 valence electrons. The molecule has 0 saturated carbocycles. The predicted molar refractivity (Wildman–Crippen MR) is 91.7 cm³/mol. The van der Waals surface area contributed by atoms with Crippen LogP contribution >= 0.6 is 12.2 Å². The number of nitrogens with zero attached hydrogens (tertiary/aromatic N) is 1. The van der Waals surface area contributed by atoms with Crippen LogP contribution in [0.5, 0.6) is 0 Å². The number of hydrogen-bond donors (Lipinski definition) is 1. The van der Waals surface area contributed by atoms with Crippen molar-refractivity contribution in [2.75, 3.05) is 6.54 Å². The van der Waals surface area contributed by atoms with Gasteiger partial charge in [0, 0.05) is 18.2 Å². The van der Waals surface area contributed by atoms with E-state index in [1.54, 1.807) is 16.8 Å². The maximum absolute atomic E-state index is 13.1. The summed E-state index contributed by atoms with van der Waals surface area (Å²) in [5, 5.41) is 15.8. The van der Waals surface area contributed by atoms with Crippen LogP contribution in [0.25, 0.3) is 11.5 Å². The van der Waals surface area contributed by atoms with Crippen LogP contribution in [0, 0.1) is 12.7 Å². The third-order valence-electron chi connectivity index (χ3n) is 3.15. The molecule has 0 atom stereocenters. The molecule has 1 N–H and O–H groups in total. The van der Waals surface area contributed by atoms with Gasteiger partial charge in [0.15, 0.2) is 17.4 Å². The first kappa shape index (κ1) is 16.8. The third kappa shape index (κ3) is 4.23. The van der Waals surface area contributed by atoms with Crippen LogP contribution in [-0.4, -0.2) is 11.5 Å². The Balaban J connectivity index is 2.55. The molecule has 1 aromatic carbocycles. The van der Waals surface area contributed by atoms with Crippen molar-refractivity contribution >= 4 is 28.7 Å². The van der Waals surface area contributed by atoms with Crippen molar-refractivity contribution in [1.29, 1.82) is 0 Å². The lowest BCUT2D eigenvalue weighted by Crippen LogP contribution is -2.42. The van der Waals surface area contributed by atoms with Gasteiger partial charge in [0.05, 0.1) is 0 Å². The fourth-order valence-electron chi connectivity index (χ4n) is 2.06. The minimum atomic E-state index is -0.390. The van der Waals surface area contributed by atoms with Crippen molar-refractivity contribution in [3.05, 3.63) is 78.4 Å². The molecule has 0 radical (unpaired) electrons. The van der Waals surface area contributed by atoms with E-state index in [9.17, 15) is 9.50 Å². The highest BCUT2D eigenvalue weighted by molar-refractivity contribution is 7.81. The van der Waals surface area contributed by atoms with E-state index in [4.69, 9.17) is 12.2 Å². The van der Waals surface area contributed by atoms with Crippen molar-refractivity contribution in [1.82, 2.24) is 5.32 Å². The molecule has 0 amide bonds. The lowest BCUT2D eigenvalue weighted by Gasteiger charge is -2.16. The molecule has 0 aliphatic heterocycles. The summed E-state index contributed by atoms with van der Waals surface area (Å²) >= 11 is 5.36. The lowest BCUT2D eigenvalue weighted by molar-refractivity contribution is -0.578. The molecule has 3 nitrogen and oxygen atoms in total. The maximum Gasteiger partial charge on any atom is 0.237 e. The highest BCUT2D eigenvalue weighted by atomic mass is 32.1. The monoisotopic (exact) mass is 328 g/mol. The largest absolute Gasteiger partial charge is 0.867 e. The summed E-state index contributed by atoms with van der Waals surface area (Å²) in [6.07, 6.45) is 5.23. The second-order valence-corrected chi connectivity index (χ2v) is 5.38. The van der Waals surface area contributed by atoms with Gasteiger partial charge in [-0.1, -0.05) is 30.4 Å². The smallest absolute Gasteiger partial charge is 0.237 e. The zero-order valence-electron chi connectivity index (χ0n) is 12.8. The lowest BCUT2D eigenvalue weighted by atomic mass is 10.1. The van der Waals surface area contributed by atoms with Crippen molar-refractivity contribution in [2.24, 2.45) is 0 Å². The van der Waals surface area contributed by atoms with E-state index in [0.29, 0.717) is 22.8 Å². The summed E-state index contributed by atoms with van der Waals surface area (Å²) in [6.45, 7) is 6.00. The van der Waals surface area contributed by atoms with Gasteiger partial charge in [-0.05, 0) is 36.4 Å². The van der Waals surface area contributed by atoms with E-state index >= 15 is 0 Å². The number of aromatic nitrogens is 1. The molecule has 1 aromatic heterocycles. The van der Waals surface area contributed by atoms with Crippen LogP contribution in [0.15, 0.2) is 61.4 Å². The van der Waals surface area contributed by atoms with Crippen LogP contribution in [0.2, 0.25) is 0 Å². The molecule has 5 heteroatoms. The number of aryl methyl sites for hydroxylation is 1. The predicted octanol–water partition coefficient (Wildman–Crippen LogP) is 2.21. The summed E-state index contributed by atoms with van der Waals surface area (Å²) in [7, 11) is 0. The maximum atomic E-state index is 13.1. The van der Waals surface area contributed by atoms with Crippen molar-refractivity contribution in [2.45, 2.75) is 6.92 Å². The number of thiocarbonyl (C=S) groups is 1. The van der Waals surface area contributed by atoms with E-state index in [2.05, 4.69) is 11.9 Å². The van der Waals surface area contributed by atoms with Gasteiger partial charge in [-0.2, -0.15) is 4.57 Å². The van der Waals surface area contributed by atoms with Gasteiger partial charge in [-0.15, -0.1) is 6.58 Å². The van der Waals surface area contributed by atoms with Gasteiger partial charge in [0.25, 0.3) is 0 Å². The quantitative estimate of drug-likeness (QED) is 0.301. The number of halogens is 1. The van der Waals surface area contributed by atoms with Gasteiger partial charge in [0.2, 0.25) is 5.70 Å². The number of pyridine rings is 1. The minimum Gasteiger partial charge on any atom is -0.867 e. The van der Waals surface area contributed by atoms with Crippen molar-refractivity contribution in [3.63, 3.8) is 0 Å². The molecule has 0 aliphatic carbocycles. The molecule has 0 fully saturated rings. The number of rotatable bonds is 5. The van der Waals surface area contributed by atoms with Crippen LogP contribution < -0.4 is 15.0 Å². The van der Waals surface area contributed by atoms with E-state index in [1.807, 2.05) is 25.3 Å². The molecule has 1 heterocycles. The van der Waals surface area contributed by atoms with Gasteiger partial charge in [-0.25, -0.2) is 4.39 Å². The average molecular weight is 328 g/mol. The summed E-state index contributed by atoms with van der Waals surface area (Å²) < 4.78 is 14.8. The van der Waals surface area contributed by atoms with E-state index in [1.165, 1.54) is 24.3 Å². The van der Waals surface area contributed by atoms with Crippen LogP contribution in [-0.2, 0) is 0 Å². The second-order valence-electron chi connectivity index (χ2n) is 4.97. The number of hydrogen-bond acceptors (Lipinski definition) is 2. The third-order valence-corrected chi connectivity index (χ3v) is 3.49. The van der Waals surface area contributed by atoms with Crippen LogP contribution in [0.4, 0.5) is 4.39 Å². The summed E-state index contributed by atoms with van der Waals surface area (Å²) in [4.78, 5) is 0.315. The normalized spacial score (nSPS) is 11.6. The minimum absolute atomic E-state index is 0.276. The Hall–Kier alpha value is -2.53. The first-order valence-corrected chi connectivity index (χ1v) is 7.48. The van der Waals surface area contributed by atoms with Crippen LogP contribution in [0.1, 0.15) is 11.1 Å². The van der Waals surface area contributed by atoms with E-state index in [-0.39, 0.29) is 5.76 Å². The molecule has 0 saturated heterocycles. The number of benzene rings is 1. The molecule has 2 rings (SSSR count). The Morgan fingerprint density at radius 1 is 1.35 bits per heavy atom. The zero-order chi connectivity index (χ0) is 16.8. The van der Waals surface area contributed by atoms with E-state index < -0.39 is 5.82 Å². The molecular formula is C18H17FN2OS. The Kier molecular flexibility index (Phi) is 5.60. The van der Waals surface area contributed by atoms with Gasteiger partial charge >= 0.3 is 0 Å². The Morgan fingerprint density at radius 3 is 2.65 bits per heavy atom. The topological polar surface area (TPSA) is 39.0 Å². The molecule has 23 heavy (non-hydrogen) atoms. The van der Waals surface area contributed by atoms with E-state index in [0.717, 1.165) is 5.56 Å². The first-order chi connectivity index (χ1) is 11.0. The van der Waals surface area contributed by atoms with Gasteiger partial charge < -0.3 is 10.4 Å². The SMILES string of the molecule is C=CCNC(=S)C(=C([O-])c1ccc(F)cc1)[n+]1cccc(C)c1. The van der Waals surface area contributed by atoms with Gasteiger partial charge in [-0.3, -0.25) is 0 Å². The standard InChI is InChI=1S/C18H17FN2OS/c1-3-10-20-18(23)16(21-11-4-5-13(2)12-21)17(22)14-6-8-15(19)9-7-14/h3-9,11-12H,1,10H2,2H3,(H-,20,22,23). The summed E-state index contributed by atoms with van der Waals surface area (Å²) in [6, 6.07) is 9.17. The molecule has 0 aliphatic rings. The summed E-state index contributed by atoms with van der Waals surface area (Å²) in [5.74, 6) is -0.666. The molecule has 0 bridgehead atoms. The fraction of sp³-hybridized carbons (Fsp3) is 0.111. The fourth-order valence-corrected chi connectivity index (χ4v) is 2.34. The van der Waals surface area contributed by atoms with Crippen molar-refractivity contribution in [3.8, 4) is 0 Å². The Labute approximate surface area is 140 Å². The molecule has 0 unspecified atom stereocenters. The summed E-state index contributed by atoms with van der Waals surface area (Å²) in [5.41, 5.74) is 1.68. The highest BCUT2D eigenvalue weighted by Crippen LogP contribution is 2.15. The average Bonchev–Trinajstić information content (AvgIpc) is 2.53. The second kappa shape index (κ2) is 7.65. The Morgan fingerprint density at radius 2 is 2.04 bits per heavy atom. The molecule has 0 spiro atoms. The number of nitrogens with one attached hydrogen (secondary N) is 1. The van der Waals surface area contributed by atoms with Crippen molar-refractivity contribution < 1.29 is 14.1 Å². The highest BCUT2D eigenvalue weighted by Gasteiger charge is 2.18. The molecule has 2 aromatic rings. The zero-order valence-corrected chi connectivity index (χ0v) is 13.6. The first-order valence-electron chi connectivity index (χ1n) is 7.07. The van der Waals surface area contributed by atoms with Gasteiger partial charge in [0.1, 0.15) is 5.82 Å². The van der Waals surface area contributed by atoms with Crippen LogP contribution in [0.3, 0.4) is 0 Å². The Bertz CT molecular complexity index is 754.